The van der Waals surface area contributed by atoms with E-state index in [9.17, 15) is 4.79 Å². The van der Waals surface area contributed by atoms with Crippen molar-refractivity contribution in [3.63, 3.8) is 0 Å². The Morgan fingerprint density at radius 1 is 1.29 bits per heavy atom. The molecular weight excluding hydrogens is 236 g/mol. The predicted octanol–water partition coefficient (Wildman–Crippen LogP) is 2.58. The minimum atomic E-state index is -0.785. The van der Waals surface area contributed by atoms with Gasteiger partial charge < -0.3 is 9.84 Å². The number of ether oxygens (including phenoxy) is 1. The zero-order chi connectivity index (χ0) is 12.5. The average Bonchev–Trinajstić information content (AvgIpc) is 2.30. The molecule has 4 heteroatoms. The van der Waals surface area contributed by atoms with Gasteiger partial charge in [-0.3, -0.25) is 4.79 Å². The lowest BCUT2D eigenvalue weighted by Crippen LogP contribution is -1.99. The van der Waals surface area contributed by atoms with Crippen LogP contribution in [0, 0.1) is 0 Å². The van der Waals surface area contributed by atoms with Crippen LogP contribution in [-0.4, -0.2) is 30.5 Å². The predicted molar refractivity (Wildman–Crippen MR) is 70.4 cm³/mol. The van der Waals surface area contributed by atoms with Gasteiger partial charge in [-0.15, -0.1) is 0 Å². The second-order valence-electron chi connectivity index (χ2n) is 3.79. The maximum Gasteiger partial charge on any atom is 0.307 e. The smallest absolute Gasteiger partial charge is 0.307 e. The summed E-state index contributed by atoms with van der Waals surface area (Å²) in [6.07, 6.45) is 1.17. The van der Waals surface area contributed by atoms with Gasteiger partial charge in [0.25, 0.3) is 0 Å². The molecule has 94 valence electrons. The molecular formula is C13H18O3S. The summed E-state index contributed by atoms with van der Waals surface area (Å²) in [4.78, 5) is 10.5. The molecule has 17 heavy (non-hydrogen) atoms. The van der Waals surface area contributed by atoms with Crippen molar-refractivity contribution in [3.05, 3.63) is 35.4 Å². The zero-order valence-corrected chi connectivity index (χ0v) is 10.8. The van der Waals surface area contributed by atoms with Crippen molar-refractivity contribution in [1.82, 2.24) is 0 Å². The number of rotatable bonds is 8. The topological polar surface area (TPSA) is 46.5 Å². The number of aliphatic carboxylic acids is 1. The van der Waals surface area contributed by atoms with Gasteiger partial charge in [-0.1, -0.05) is 24.3 Å². The van der Waals surface area contributed by atoms with Crippen molar-refractivity contribution in [2.45, 2.75) is 18.6 Å². The highest BCUT2D eigenvalue weighted by molar-refractivity contribution is 7.98. The Labute approximate surface area is 106 Å². The molecule has 0 saturated carbocycles. The minimum Gasteiger partial charge on any atom is -0.481 e. The number of benzene rings is 1. The minimum absolute atomic E-state index is 0.0985. The molecule has 0 atom stereocenters. The number of hydrogen-bond donors (Lipinski definition) is 1. The van der Waals surface area contributed by atoms with Crippen molar-refractivity contribution in [1.29, 1.82) is 0 Å². The number of carboxylic acids is 1. The molecule has 0 saturated heterocycles. The van der Waals surface area contributed by atoms with Gasteiger partial charge in [-0.25, -0.2) is 0 Å². The molecule has 0 bridgehead atoms. The van der Waals surface area contributed by atoms with Crippen molar-refractivity contribution in [2.75, 3.05) is 19.5 Å². The molecule has 0 aliphatic heterocycles. The summed E-state index contributed by atoms with van der Waals surface area (Å²) in [6, 6.07) is 7.78. The van der Waals surface area contributed by atoms with Crippen LogP contribution in [0.2, 0.25) is 0 Å². The normalized spacial score (nSPS) is 10.4. The average molecular weight is 254 g/mol. The van der Waals surface area contributed by atoms with E-state index in [-0.39, 0.29) is 6.42 Å². The highest BCUT2D eigenvalue weighted by Gasteiger charge is 2.00. The van der Waals surface area contributed by atoms with E-state index in [0.717, 1.165) is 30.1 Å². The zero-order valence-electron chi connectivity index (χ0n) is 10.0. The Morgan fingerprint density at radius 2 is 1.94 bits per heavy atom. The Kier molecular flexibility index (Phi) is 6.74. The standard InChI is InChI=1S/C13H18O3S/c1-16-7-2-8-17-10-12-5-3-11(4-6-12)9-13(14)15/h3-6H,2,7-10H2,1H3,(H,14,15). The molecule has 3 nitrogen and oxygen atoms in total. The number of hydrogen-bond acceptors (Lipinski definition) is 3. The van der Waals surface area contributed by atoms with Crippen LogP contribution in [0.1, 0.15) is 17.5 Å². The van der Waals surface area contributed by atoms with E-state index < -0.39 is 5.97 Å². The molecule has 0 amide bonds. The first-order valence-electron chi connectivity index (χ1n) is 5.58. The molecule has 0 fully saturated rings. The summed E-state index contributed by atoms with van der Waals surface area (Å²) in [5, 5.41) is 8.64. The first-order chi connectivity index (χ1) is 8.22. The van der Waals surface area contributed by atoms with Gasteiger partial charge in [-0.2, -0.15) is 11.8 Å². The molecule has 0 unspecified atom stereocenters. The SMILES string of the molecule is COCCCSCc1ccc(CC(=O)O)cc1. The van der Waals surface area contributed by atoms with Crippen molar-refractivity contribution in [3.8, 4) is 0 Å². The van der Waals surface area contributed by atoms with Crippen LogP contribution in [0.5, 0.6) is 0 Å². The Bertz CT molecular complexity index is 335. The van der Waals surface area contributed by atoms with E-state index in [4.69, 9.17) is 9.84 Å². The lowest BCUT2D eigenvalue weighted by atomic mass is 10.1. The Morgan fingerprint density at radius 3 is 2.53 bits per heavy atom. The lowest BCUT2D eigenvalue weighted by molar-refractivity contribution is -0.136. The summed E-state index contributed by atoms with van der Waals surface area (Å²) in [5.74, 6) is 1.27. The van der Waals surface area contributed by atoms with Crippen LogP contribution < -0.4 is 0 Å². The van der Waals surface area contributed by atoms with E-state index in [1.807, 2.05) is 36.0 Å². The monoisotopic (exact) mass is 254 g/mol. The van der Waals surface area contributed by atoms with E-state index in [1.54, 1.807) is 7.11 Å². The third kappa shape index (κ3) is 6.34. The second kappa shape index (κ2) is 8.14. The quantitative estimate of drug-likeness (QED) is 0.724. The molecule has 1 rings (SSSR count). The van der Waals surface area contributed by atoms with Crippen LogP contribution in [0.15, 0.2) is 24.3 Å². The third-order valence-corrected chi connectivity index (χ3v) is 3.40. The first-order valence-corrected chi connectivity index (χ1v) is 6.74. The fourth-order valence-electron chi connectivity index (χ4n) is 1.42. The maximum absolute atomic E-state index is 10.5. The van der Waals surface area contributed by atoms with E-state index in [0.29, 0.717) is 0 Å². The van der Waals surface area contributed by atoms with Crippen LogP contribution >= 0.6 is 11.8 Å². The van der Waals surface area contributed by atoms with Gasteiger partial charge >= 0.3 is 5.97 Å². The number of thioether (sulfide) groups is 1. The van der Waals surface area contributed by atoms with Crippen LogP contribution in [-0.2, 0) is 21.7 Å². The number of carboxylic acid groups (broad SMARTS) is 1. The highest BCUT2D eigenvalue weighted by atomic mass is 32.2. The fourth-order valence-corrected chi connectivity index (χ4v) is 2.32. The van der Waals surface area contributed by atoms with Gasteiger partial charge in [0, 0.05) is 19.5 Å². The van der Waals surface area contributed by atoms with E-state index in [1.165, 1.54) is 5.56 Å². The summed E-state index contributed by atoms with van der Waals surface area (Å²) in [6.45, 7) is 0.810. The molecule has 0 radical (unpaired) electrons. The van der Waals surface area contributed by atoms with E-state index >= 15 is 0 Å². The maximum atomic E-state index is 10.5. The molecule has 0 aliphatic carbocycles. The van der Waals surface area contributed by atoms with Gasteiger partial charge in [0.05, 0.1) is 6.42 Å². The fraction of sp³-hybridized carbons (Fsp3) is 0.462. The molecule has 0 aromatic heterocycles. The van der Waals surface area contributed by atoms with Crippen LogP contribution in [0.3, 0.4) is 0 Å². The van der Waals surface area contributed by atoms with Gasteiger partial charge in [0.2, 0.25) is 0 Å². The van der Waals surface area contributed by atoms with E-state index in [2.05, 4.69) is 0 Å². The van der Waals surface area contributed by atoms with Gasteiger partial charge in [-0.05, 0) is 23.3 Å². The first kappa shape index (κ1) is 14.1. The molecule has 0 heterocycles. The van der Waals surface area contributed by atoms with Crippen molar-refractivity contribution >= 4 is 17.7 Å². The highest BCUT2D eigenvalue weighted by Crippen LogP contribution is 2.14. The number of carbonyl (C=O) groups is 1. The Hall–Kier alpha value is -1.00. The van der Waals surface area contributed by atoms with Crippen LogP contribution in [0.4, 0.5) is 0 Å². The Balaban J connectivity index is 2.28. The summed E-state index contributed by atoms with van der Waals surface area (Å²) in [7, 11) is 1.71. The molecule has 1 aromatic carbocycles. The molecule has 0 spiro atoms. The molecule has 1 N–H and O–H groups in total. The summed E-state index contributed by atoms with van der Waals surface area (Å²) < 4.78 is 4.98. The van der Waals surface area contributed by atoms with Crippen LogP contribution in [0.25, 0.3) is 0 Å². The van der Waals surface area contributed by atoms with Gasteiger partial charge in [0.1, 0.15) is 0 Å². The lowest BCUT2D eigenvalue weighted by Gasteiger charge is -2.03. The largest absolute Gasteiger partial charge is 0.481 e. The summed E-state index contributed by atoms with van der Waals surface area (Å²) >= 11 is 1.87. The van der Waals surface area contributed by atoms with Crippen molar-refractivity contribution < 1.29 is 14.6 Å². The molecule has 0 aliphatic rings. The second-order valence-corrected chi connectivity index (χ2v) is 4.89. The third-order valence-electron chi connectivity index (χ3n) is 2.28. The molecule has 1 aromatic rings. The number of methoxy groups -OCH3 is 1. The van der Waals surface area contributed by atoms with Crippen molar-refractivity contribution in [2.24, 2.45) is 0 Å². The summed E-state index contributed by atoms with van der Waals surface area (Å²) in [5.41, 5.74) is 2.09. The van der Waals surface area contributed by atoms with Gasteiger partial charge in [0.15, 0.2) is 0 Å².